The molecule has 0 bridgehead atoms. The molecular formula is C24H24O3. The van der Waals surface area contributed by atoms with Gasteiger partial charge in [-0.3, -0.25) is 0 Å². The average Bonchev–Trinajstić information content (AvgIpc) is 2.73. The zero-order chi connectivity index (χ0) is 19.1. The summed E-state index contributed by atoms with van der Waals surface area (Å²) in [6.07, 6.45) is 1.12. The van der Waals surface area contributed by atoms with Crippen molar-refractivity contribution in [3.63, 3.8) is 0 Å². The first kappa shape index (κ1) is 18.7. The van der Waals surface area contributed by atoms with Crippen LogP contribution < -0.4 is 9.47 Å². The van der Waals surface area contributed by atoms with E-state index in [0.29, 0.717) is 23.8 Å². The van der Waals surface area contributed by atoms with Crippen LogP contribution in [-0.4, -0.2) is 5.97 Å². The van der Waals surface area contributed by atoms with Crippen LogP contribution in [0.4, 0.5) is 0 Å². The van der Waals surface area contributed by atoms with Crippen LogP contribution in [0.3, 0.4) is 0 Å². The molecule has 0 spiro atoms. The van der Waals surface area contributed by atoms with E-state index in [4.69, 9.17) is 9.47 Å². The summed E-state index contributed by atoms with van der Waals surface area (Å²) >= 11 is 0. The Labute approximate surface area is 160 Å². The molecule has 1 unspecified atom stereocenters. The van der Waals surface area contributed by atoms with E-state index >= 15 is 0 Å². The van der Waals surface area contributed by atoms with Crippen molar-refractivity contribution in [2.75, 3.05) is 0 Å². The van der Waals surface area contributed by atoms with Gasteiger partial charge in [0.1, 0.15) is 18.1 Å². The van der Waals surface area contributed by atoms with Crippen molar-refractivity contribution >= 4 is 5.97 Å². The topological polar surface area (TPSA) is 35.5 Å². The van der Waals surface area contributed by atoms with Gasteiger partial charge >= 0.3 is 5.97 Å². The van der Waals surface area contributed by atoms with Gasteiger partial charge in [0.15, 0.2) is 0 Å². The number of ether oxygens (including phenoxy) is 2. The van der Waals surface area contributed by atoms with E-state index in [1.165, 1.54) is 5.56 Å². The van der Waals surface area contributed by atoms with E-state index < -0.39 is 0 Å². The number of esters is 1. The Hall–Kier alpha value is -3.07. The van der Waals surface area contributed by atoms with Gasteiger partial charge in [0.2, 0.25) is 0 Å². The lowest BCUT2D eigenvalue weighted by Gasteiger charge is -2.12. The minimum absolute atomic E-state index is 0.381. The van der Waals surface area contributed by atoms with Gasteiger partial charge in [0.05, 0.1) is 5.56 Å². The molecule has 0 saturated heterocycles. The number of hydrogen-bond acceptors (Lipinski definition) is 3. The van der Waals surface area contributed by atoms with Gasteiger partial charge in [0, 0.05) is 0 Å². The summed E-state index contributed by atoms with van der Waals surface area (Å²) in [5.74, 6) is 1.41. The van der Waals surface area contributed by atoms with Crippen molar-refractivity contribution in [2.45, 2.75) is 32.8 Å². The maximum absolute atomic E-state index is 12.2. The third kappa shape index (κ3) is 5.20. The Balaban J connectivity index is 1.58. The molecule has 0 aliphatic carbocycles. The number of para-hydroxylation sites is 1. The lowest BCUT2D eigenvalue weighted by atomic mass is 9.97. The third-order valence-corrected chi connectivity index (χ3v) is 4.58. The Morgan fingerprint density at radius 2 is 1.63 bits per heavy atom. The van der Waals surface area contributed by atoms with E-state index in [2.05, 4.69) is 38.1 Å². The Kier molecular flexibility index (Phi) is 6.26. The van der Waals surface area contributed by atoms with Crippen LogP contribution in [0.25, 0.3) is 0 Å². The molecule has 0 aliphatic heterocycles. The second-order valence-corrected chi connectivity index (χ2v) is 6.57. The van der Waals surface area contributed by atoms with Crippen molar-refractivity contribution in [2.24, 2.45) is 0 Å². The van der Waals surface area contributed by atoms with Crippen LogP contribution in [-0.2, 0) is 6.61 Å². The smallest absolute Gasteiger partial charge is 0.343 e. The maximum Gasteiger partial charge on any atom is 0.343 e. The third-order valence-electron chi connectivity index (χ3n) is 4.58. The molecule has 0 aliphatic rings. The summed E-state index contributed by atoms with van der Waals surface area (Å²) in [5, 5.41) is 0. The number of rotatable bonds is 7. The number of benzene rings is 3. The highest BCUT2D eigenvalue weighted by atomic mass is 16.5. The Morgan fingerprint density at radius 3 is 2.33 bits per heavy atom. The molecule has 0 saturated carbocycles. The SMILES string of the molecule is CCC(C)c1cccc(COc2ccc(C(=O)Oc3ccccc3)cc2)c1. The standard InChI is InChI=1S/C24H24O3/c1-3-18(2)21-9-7-8-19(16-21)17-26-22-14-12-20(13-15-22)24(25)27-23-10-5-4-6-11-23/h4-16,18H,3,17H2,1-2H3. The molecule has 0 heterocycles. The highest BCUT2D eigenvalue weighted by Crippen LogP contribution is 2.21. The van der Waals surface area contributed by atoms with Crippen molar-refractivity contribution in [3.8, 4) is 11.5 Å². The molecule has 0 radical (unpaired) electrons. The summed E-state index contributed by atoms with van der Waals surface area (Å²) in [6, 6.07) is 24.6. The van der Waals surface area contributed by atoms with Gasteiger partial charge < -0.3 is 9.47 Å². The van der Waals surface area contributed by atoms with Crippen LogP contribution in [0.5, 0.6) is 11.5 Å². The highest BCUT2D eigenvalue weighted by Gasteiger charge is 2.09. The summed E-state index contributed by atoms with van der Waals surface area (Å²) in [5.41, 5.74) is 2.96. The zero-order valence-electron chi connectivity index (χ0n) is 15.7. The monoisotopic (exact) mass is 360 g/mol. The first-order valence-electron chi connectivity index (χ1n) is 9.24. The van der Waals surface area contributed by atoms with Crippen LogP contribution in [0.15, 0.2) is 78.9 Å². The minimum Gasteiger partial charge on any atom is -0.489 e. The van der Waals surface area contributed by atoms with Gasteiger partial charge in [-0.2, -0.15) is 0 Å². The molecule has 138 valence electrons. The largest absolute Gasteiger partial charge is 0.489 e. The quantitative estimate of drug-likeness (QED) is 0.383. The molecule has 0 fully saturated rings. The Bertz CT molecular complexity index is 870. The Morgan fingerprint density at radius 1 is 0.889 bits per heavy atom. The maximum atomic E-state index is 12.2. The van der Waals surface area contributed by atoms with Gasteiger partial charge in [-0.1, -0.05) is 56.3 Å². The van der Waals surface area contributed by atoms with E-state index in [-0.39, 0.29) is 5.97 Å². The second-order valence-electron chi connectivity index (χ2n) is 6.57. The molecule has 0 aromatic heterocycles. The van der Waals surface area contributed by atoms with Gasteiger partial charge in [-0.15, -0.1) is 0 Å². The average molecular weight is 360 g/mol. The van der Waals surface area contributed by atoms with Gasteiger partial charge in [-0.25, -0.2) is 4.79 Å². The predicted octanol–water partition coefficient (Wildman–Crippen LogP) is 6.00. The number of carbonyl (C=O) groups is 1. The molecule has 3 rings (SSSR count). The van der Waals surface area contributed by atoms with Crippen LogP contribution >= 0.6 is 0 Å². The number of hydrogen-bond donors (Lipinski definition) is 0. The molecule has 0 N–H and O–H groups in total. The molecule has 1 atom stereocenters. The molecule has 3 heteroatoms. The second kappa shape index (κ2) is 9.04. The molecule has 0 amide bonds. The molecule has 3 nitrogen and oxygen atoms in total. The number of carbonyl (C=O) groups excluding carboxylic acids is 1. The fraction of sp³-hybridized carbons (Fsp3) is 0.208. The first-order chi connectivity index (χ1) is 13.2. The molecule has 3 aromatic rings. The van der Waals surface area contributed by atoms with E-state index in [0.717, 1.165) is 17.7 Å². The van der Waals surface area contributed by atoms with Gasteiger partial charge in [0.25, 0.3) is 0 Å². The zero-order valence-corrected chi connectivity index (χ0v) is 15.7. The van der Waals surface area contributed by atoms with Crippen molar-refractivity contribution < 1.29 is 14.3 Å². The van der Waals surface area contributed by atoms with E-state index in [1.807, 2.05) is 18.2 Å². The summed E-state index contributed by atoms with van der Waals surface area (Å²) < 4.78 is 11.2. The summed E-state index contributed by atoms with van der Waals surface area (Å²) in [7, 11) is 0. The lowest BCUT2D eigenvalue weighted by Crippen LogP contribution is -2.08. The first-order valence-corrected chi connectivity index (χ1v) is 9.24. The van der Waals surface area contributed by atoms with Crippen molar-refractivity contribution in [1.82, 2.24) is 0 Å². The van der Waals surface area contributed by atoms with Gasteiger partial charge in [-0.05, 0) is 59.9 Å². The van der Waals surface area contributed by atoms with Crippen molar-refractivity contribution in [3.05, 3.63) is 95.6 Å². The van der Waals surface area contributed by atoms with Crippen LogP contribution in [0, 0.1) is 0 Å². The fourth-order valence-electron chi connectivity index (χ4n) is 2.73. The van der Waals surface area contributed by atoms with Crippen molar-refractivity contribution in [1.29, 1.82) is 0 Å². The normalized spacial score (nSPS) is 11.6. The van der Waals surface area contributed by atoms with Crippen LogP contribution in [0.2, 0.25) is 0 Å². The molecule has 27 heavy (non-hydrogen) atoms. The van der Waals surface area contributed by atoms with Crippen LogP contribution in [0.1, 0.15) is 47.7 Å². The fourth-order valence-corrected chi connectivity index (χ4v) is 2.73. The lowest BCUT2D eigenvalue weighted by molar-refractivity contribution is 0.0734. The molecule has 3 aromatic carbocycles. The predicted molar refractivity (Wildman–Crippen MR) is 107 cm³/mol. The summed E-state index contributed by atoms with van der Waals surface area (Å²) in [4.78, 5) is 12.2. The van der Waals surface area contributed by atoms with E-state index in [9.17, 15) is 4.79 Å². The molecular weight excluding hydrogens is 336 g/mol. The van der Waals surface area contributed by atoms with E-state index in [1.54, 1.807) is 36.4 Å². The summed E-state index contributed by atoms with van der Waals surface area (Å²) in [6.45, 7) is 4.92. The highest BCUT2D eigenvalue weighted by molar-refractivity contribution is 5.91. The minimum atomic E-state index is -0.381.